The Bertz CT molecular complexity index is 455. The first-order valence-electron chi connectivity index (χ1n) is 5.44. The molecule has 0 spiro atoms. The molecule has 0 saturated heterocycles. The third-order valence-electron chi connectivity index (χ3n) is 2.10. The van der Waals surface area contributed by atoms with Crippen molar-refractivity contribution in [3.05, 3.63) is 47.0 Å². The summed E-state index contributed by atoms with van der Waals surface area (Å²) in [7, 11) is 0. The van der Waals surface area contributed by atoms with Crippen LogP contribution in [0.25, 0.3) is 0 Å². The average Bonchev–Trinajstić information content (AvgIpc) is 2.34. The molecule has 0 unspecified atom stereocenters. The molecule has 2 amide bonds. The van der Waals surface area contributed by atoms with Gasteiger partial charge in [0, 0.05) is 17.1 Å². The van der Waals surface area contributed by atoms with E-state index in [1.165, 1.54) is 0 Å². The number of amides is 2. The quantitative estimate of drug-likeness (QED) is 0.798. The number of carbonyl (C=O) groups is 2. The monoisotopic (exact) mass is 266 g/mol. The average molecular weight is 267 g/mol. The molecular formula is C13H15ClN2O2. The van der Waals surface area contributed by atoms with Gasteiger partial charge in [0.2, 0.25) is 5.91 Å². The lowest BCUT2D eigenvalue weighted by molar-refractivity contribution is -0.119. The van der Waals surface area contributed by atoms with E-state index < -0.39 is 0 Å². The van der Waals surface area contributed by atoms with Crippen LogP contribution in [0.4, 0.5) is 0 Å². The van der Waals surface area contributed by atoms with Crippen molar-refractivity contribution in [3.8, 4) is 0 Å². The smallest absolute Gasteiger partial charge is 0.251 e. The second kappa shape index (κ2) is 6.81. The Kier molecular flexibility index (Phi) is 5.39. The van der Waals surface area contributed by atoms with Gasteiger partial charge in [0.1, 0.15) is 0 Å². The summed E-state index contributed by atoms with van der Waals surface area (Å²) >= 11 is 5.71. The fourth-order valence-corrected chi connectivity index (χ4v) is 1.30. The Morgan fingerprint density at radius 3 is 2.33 bits per heavy atom. The molecule has 4 nitrogen and oxygen atoms in total. The van der Waals surface area contributed by atoms with E-state index in [-0.39, 0.29) is 18.4 Å². The van der Waals surface area contributed by atoms with Crippen LogP contribution in [0, 0.1) is 0 Å². The summed E-state index contributed by atoms with van der Waals surface area (Å²) < 4.78 is 0. The van der Waals surface area contributed by atoms with E-state index in [4.69, 9.17) is 11.6 Å². The Labute approximate surface area is 111 Å². The highest BCUT2D eigenvalue weighted by atomic mass is 35.5. The molecule has 1 rings (SSSR count). The second-order valence-electron chi connectivity index (χ2n) is 3.92. The van der Waals surface area contributed by atoms with Gasteiger partial charge < -0.3 is 10.6 Å². The maximum atomic E-state index is 11.6. The number of carbonyl (C=O) groups excluding carboxylic acids is 2. The maximum Gasteiger partial charge on any atom is 0.251 e. The van der Waals surface area contributed by atoms with Crippen LogP contribution in [0.2, 0.25) is 5.02 Å². The number of rotatable bonds is 5. The van der Waals surface area contributed by atoms with Gasteiger partial charge >= 0.3 is 0 Å². The number of hydrogen-bond donors (Lipinski definition) is 2. The standard InChI is InChI=1S/C13H15ClN2O2/c1-9(2)7-15-12(17)8-16-13(18)10-3-5-11(14)6-4-10/h3-6H,1,7-8H2,2H3,(H,15,17)(H,16,18). The molecular weight excluding hydrogens is 252 g/mol. The van der Waals surface area contributed by atoms with Gasteiger partial charge in [0.05, 0.1) is 6.54 Å². The molecule has 0 radical (unpaired) electrons. The van der Waals surface area contributed by atoms with E-state index in [2.05, 4.69) is 17.2 Å². The van der Waals surface area contributed by atoms with Crippen molar-refractivity contribution in [1.82, 2.24) is 10.6 Å². The van der Waals surface area contributed by atoms with E-state index in [1.54, 1.807) is 24.3 Å². The minimum Gasteiger partial charge on any atom is -0.351 e. The minimum absolute atomic E-state index is 0.0608. The topological polar surface area (TPSA) is 58.2 Å². The predicted molar refractivity (Wildman–Crippen MR) is 71.6 cm³/mol. The first kappa shape index (κ1) is 14.3. The summed E-state index contributed by atoms with van der Waals surface area (Å²) in [5, 5.41) is 5.70. The summed E-state index contributed by atoms with van der Waals surface area (Å²) in [4.78, 5) is 23.0. The highest BCUT2D eigenvalue weighted by molar-refractivity contribution is 6.30. The minimum atomic E-state index is -0.308. The van der Waals surface area contributed by atoms with Crippen LogP contribution >= 0.6 is 11.6 Å². The van der Waals surface area contributed by atoms with Crippen molar-refractivity contribution in [1.29, 1.82) is 0 Å². The molecule has 1 aromatic rings. The van der Waals surface area contributed by atoms with Crippen molar-refractivity contribution in [2.75, 3.05) is 13.1 Å². The highest BCUT2D eigenvalue weighted by Gasteiger charge is 2.07. The van der Waals surface area contributed by atoms with Crippen LogP contribution < -0.4 is 10.6 Å². The number of halogens is 1. The van der Waals surface area contributed by atoms with E-state index in [9.17, 15) is 9.59 Å². The molecule has 0 fully saturated rings. The molecule has 2 N–H and O–H groups in total. The zero-order valence-corrected chi connectivity index (χ0v) is 10.9. The first-order valence-corrected chi connectivity index (χ1v) is 5.81. The SMILES string of the molecule is C=C(C)CNC(=O)CNC(=O)c1ccc(Cl)cc1. The molecule has 0 aliphatic heterocycles. The summed E-state index contributed by atoms with van der Waals surface area (Å²) in [6.45, 7) is 5.83. The lowest BCUT2D eigenvalue weighted by Crippen LogP contribution is -2.37. The van der Waals surface area contributed by atoms with Crippen molar-refractivity contribution < 1.29 is 9.59 Å². The van der Waals surface area contributed by atoms with Gasteiger partial charge in [-0.25, -0.2) is 0 Å². The largest absolute Gasteiger partial charge is 0.351 e. The fraction of sp³-hybridized carbons (Fsp3) is 0.231. The Hall–Kier alpha value is -1.81. The summed E-state index contributed by atoms with van der Waals surface area (Å²) in [5.41, 5.74) is 1.32. The molecule has 96 valence electrons. The Morgan fingerprint density at radius 1 is 1.17 bits per heavy atom. The molecule has 0 bridgehead atoms. The van der Waals surface area contributed by atoms with Crippen LogP contribution in [0.3, 0.4) is 0 Å². The Balaban J connectivity index is 2.39. The molecule has 0 aliphatic carbocycles. The van der Waals surface area contributed by atoms with Gasteiger partial charge in [-0.15, -0.1) is 0 Å². The van der Waals surface area contributed by atoms with Crippen molar-refractivity contribution in [2.24, 2.45) is 0 Å². The van der Waals surface area contributed by atoms with Crippen LogP contribution in [0.5, 0.6) is 0 Å². The van der Waals surface area contributed by atoms with Gasteiger partial charge in [0.25, 0.3) is 5.91 Å². The van der Waals surface area contributed by atoms with Crippen LogP contribution in [0.15, 0.2) is 36.4 Å². The molecule has 18 heavy (non-hydrogen) atoms. The highest BCUT2D eigenvalue weighted by Crippen LogP contribution is 2.09. The Morgan fingerprint density at radius 2 is 1.78 bits per heavy atom. The molecule has 5 heteroatoms. The van der Waals surface area contributed by atoms with Crippen molar-refractivity contribution >= 4 is 23.4 Å². The van der Waals surface area contributed by atoms with Crippen LogP contribution in [0.1, 0.15) is 17.3 Å². The van der Waals surface area contributed by atoms with Crippen LogP contribution in [-0.2, 0) is 4.79 Å². The van der Waals surface area contributed by atoms with E-state index >= 15 is 0 Å². The molecule has 0 atom stereocenters. The first-order chi connectivity index (χ1) is 8.49. The predicted octanol–water partition coefficient (Wildman–Crippen LogP) is 1.76. The molecule has 0 aromatic heterocycles. The van der Waals surface area contributed by atoms with Crippen LogP contribution in [-0.4, -0.2) is 24.9 Å². The maximum absolute atomic E-state index is 11.6. The lowest BCUT2D eigenvalue weighted by Gasteiger charge is -2.06. The molecule has 0 aliphatic rings. The van der Waals surface area contributed by atoms with E-state index in [1.807, 2.05) is 6.92 Å². The second-order valence-corrected chi connectivity index (χ2v) is 4.36. The van der Waals surface area contributed by atoms with Gasteiger partial charge in [-0.1, -0.05) is 23.8 Å². The summed E-state index contributed by atoms with van der Waals surface area (Å²) in [6, 6.07) is 6.45. The number of nitrogens with one attached hydrogen (secondary N) is 2. The molecule has 0 saturated carbocycles. The lowest BCUT2D eigenvalue weighted by atomic mass is 10.2. The molecule has 1 aromatic carbocycles. The summed E-state index contributed by atoms with van der Waals surface area (Å²) in [6.07, 6.45) is 0. The van der Waals surface area contributed by atoms with Gasteiger partial charge in [-0.05, 0) is 31.2 Å². The third kappa shape index (κ3) is 5.01. The number of benzene rings is 1. The normalized spacial score (nSPS) is 9.67. The van der Waals surface area contributed by atoms with Crippen molar-refractivity contribution in [2.45, 2.75) is 6.92 Å². The molecule has 0 heterocycles. The van der Waals surface area contributed by atoms with Gasteiger partial charge in [0.15, 0.2) is 0 Å². The third-order valence-corrected chi connectivity index (χ3v) is 2.36. The van der Waals surface area contributed by atoms with E-state index in [0.29, 0.717) is 17.1 Å². The zero-order valence-electron chi connectivity index (χ0n) is 10.1. The van der Waals surface area contributed by atoms with Crippen molar-refractivity contribution in [3.63, 3.8) is 0 Å². The van der Waals surface area contributed by atoms with Gasteiger partial charge in [-0.2, -0.15) is 0 Å². The van der Waals surface area contributed by atoms with Gasteiger partial charge in [-0.3, -0.25) is 9.59 Å². The van der Waals surface area contributed by atoms with E-state index in [0.717, 1.165) is 5.57 Å². The summed E-state index contributed by atoms with van der Waals surface area (Å²) in [5.74, 6) is -0.558. The fourth-order valence-electron chi connectivity index (χ4n) is 1.18. The number of hydrogen-bond acceptors (Lipinski definition) is 2. The zero-order chi connectivity index (χ0) is 13.5.